The number of benzene rings is 1. The number of carbonyl (C=O) groups is 1. The second-order valence-electron chi connectivity index (χ2n) is 5.28. The third-order valence-corrected chi connectivity index (χ3v) is 5.29. The van der Waals surface area contributed by atoms with E-state index >= 15 is 0 Å². The molecule has 0 unspecified atom stereocenters. The third-order valence-electron chi connectivity index (χ3n) is 3.56. The van der Waals surface area contributed by atoms with Gasteiger partial charge in [-0.1, -0.05) is 12.1 Å². The molecule has 8 heteroatoms. The highest BCUT2D eigenvalue weighted by Crippen LogP contribution is 2.27. The first-order valence-electron chi connectivity index (χ1n) is 7.36. The Labute approximate surface area is 151 Å². The molecule has 25 heavy (non-hydrogen) atoms. The number of non-ortho nitro benzene ring substituents is 1. The molecular formula is C17H14N2O4S2. The number of hydrogen-bond donors (Lipinski definition) is 1. The molecule has 3 aromatic rings. The van der Waals surface area contributed by atoms with Gasteiger partial charge in [0.25, 0.3) is 11.6 Å². The number of nitrogens with zero attached hydrogens (tertiary/aromatic N) is 2. The standard InChI is InChI=1S/C17H14N2O4S2/c20-16-9-12(19(22)23)5-6-15(16)17(21)18(10-13-3-1-7-24-13)11-14-4-2-8-25-14/h1-9,20H,10-11H2. The molecular weight excluding hydrogens is 360 g/mol. The van der Waals surface area contributed by atoms with Gasteiger partial charge >= 0.3 is 0 Å². The lowest BCUT2D eigenvalue weighted by Crippen LogP contribution is -2.29. The number of aromatic hydroxyl groups is 1. The van der Waals surface area contributed by atoms with Crippen LogP contribution in [-0.2, 0) is 13.1 Å². The lowest BCUT2D eigenvalue weighted by atomic mass is 10.1. The van der Waals surface area contributed by atoms with Gasteiger partial charge in [-0.2, -0.15) is 0 Å². The van der Waals surface area contributed by atoms with Crippen LogP contribution in [-0.4, -0.2) is 20.8 Å². The van der Waals surface area contributed by atoms with E-state index in [9.17, 15) is 20.0 Å². The van der Waals surface area contributed by atoms with Crippen molar-refractivity contribution in [2.45, 2.75) is 13.1 Å². The van der Waals surface area contributed by atoms with E-state index in [2.05, 4.69) is 0 Å². The van der Waals surface area contributed by atoms with Crippen molar-refractivity contribution >= 4 is 34.3 Å². The van der Waals surface area contributed by atoms with Crippen molar-refractivity contribution in [3.05, 3.63) is 78.7 Å². The molecule has 1 N–H and O–H groups in total. The first-order valence-corrected chi connectivity index (χ1v) is 9.12. The van der Waals surface area contributed by atoms with Crippen LogP contribution in [0.1, 0.15) is 20.1 Å². The number of amides is 1. The van der Waals surface area contributed by atoms with Gasteiger partial charge in [0.05, 0.1) is 29.6 Å². The van der Waals surface area contributed by atoms with E-state index in [0.717, 1.165) is 15.8 Å². The number of carbonyl (C=O) groups excluding carboxylic acids is 1. The van der Waals surface area contributed by atoms with Crippen molar-refractivity contribution in [3.8, 4) is 5.75 Å². The molecule has 0 atom stereocenters. The lowest BCUT2D eigenvalue weighted by Gasteiger charge is -2.22. The van der Waals surface area contributed by atoms with Crippen molar-refractivity contribution in [1.29, 1.82) is 0 Å². The molecule has 0 radical (unpaired) electrons. The zero-order valence-electron chi connectivity index (χ0n) is 13.0. The molecule has 1 amide bonds. The highest BCUT2D eigenvalue weighted by atomic mass is 32.1. The Morgan fingerprint density at radius 1 is 1.08 bits per heavy atom. The summed E-state index contributed by atoms with van der Waals surface area (Å²) >= 11 is 3.09. The molecule has 0 aliphatic rings. The molecule has 128 valence electrons. The molecule has 0 fully saturated rings. The maximum atomic E-state index is 12.9. The molecule has 0 saturated carbocycles. The van der Waals surface area contributed by atoms with Crippen LogP contribution in [0.25, 0.3) is 0 Å². The second kappa shape index (κ2) is 7.45. The molecule has 0 aliphatic heterocycles. The monoisotopic (exact) mass is 374 g/mol. The van der Waals surface area contributed by atoms with Gasteiger partial charge in [0.15, 0.2) is 0 Å². The number of rotatable bonds is 6. The summed E-state index contributed by atoms with van der Waals surface area (Å²) in [5.41, 5.74) is -0.198. The van der Waals surface area contributed by atoms with Gasteiger partial charge in [0.2, 0.25) is 0 Å². The minimum Gasteiger partial charge on any atom is -0.507 e. The normalized spacial score (nSPS) is 10.6. The molecule has 1 aromatic carbocycles. The van der Waals surface area contributed by atoms with Gasteiger partial charge in [0, 0.05) is 15.8 Å². The summed E-state index contributed by atoms with van der Waals surface area (Å²) in [6.07, 6.45) is 0. The first-order chi connectivity index (χ1) is 12.0. The lowest BCUT2D eigenvalue weighted by molar-refractivity contribution is -0.384. The summed E-state index contributed by atoms with van der Waals surface area (Å²) in [7, 11) is 0. The zero-order chi connectivity index (χ0) is 17.8. The van der Waals surface area contributed by atoms with Crippen molar-refractivity contribution in [3.63, 3.8) is 0 Å². The molecule has 0 saturated heterocycles. The topological polar surface area (TPSA) is 83.7 Å². The van der Waals surface area contributed by atoms with E-state index in [1.165, 1.54) is 12.1 Å². The van der Waals surface area contributed by atoms with E-state index in [-0.39, 0.29) is 22.9 Å². The van der Waals surface area contributed by atoms with E-state index in [1.807, 2.05) is 35.0 Å². The average molecular weight is 374 g/mol. The van der Waals surface area contributed by atoms with Gasteiger partial charge in [-0.15, -0.1) is 22.7 Å². The molecule has 6 nitrogen and oxygen atoms in total. The Morgan fingerprint density at radius 3 is 2.12 bits per heavy atom. The predicted molar refractivity (Wildman–Crippen MR) is 97.0 cm³/mol. The summed E-state index contributed by atoms with van der Waals surface area (Å²) < 4.78 is 0. The largest absolute Gasteiger partial charge is 0.507 e. The van der Waals surface area contributed by atoms with E-state index in [4.69, 9.17) is 0 Å². The van der Waals surface area contributed by atoms with Gasteiger partial charge in [-0.05, 0) is 29.0 Å². The van der Waals surface area contributed by atoms with Crippen LogP contribution in [0.2, 0.25) is 0 Å². The highest BCUT2D eigenvalue weighted by Gasteiger charge is 2.22. The number of hydrogen-bond acceptors (Lipinski definition) is 6. The summed E-state index contributed by atoms with van der Waals surface area (Å²) in [5.74, 6) is -0.754. The molecule has 3 rings (SSSR count). The van der Waals surface area contributed by atoms with Crippen LogP contribution in [0, 0.1) is 10.1 Å². The summed E-state index contributed by atoms with van der Waals surface area (Å²) in [4.78, 5) is 26.8. The number of thiophene rings is 2. The first kappa shape index (κ1) is 17.1. The second-order valence-corrected chi connectivity index (χ2v) is 7.34. The Hall–Kier alpha value is -2.71. The van der Waals surface area contributed by atoms with Gasteiger partial charge in [-0.3, -0.25) is 14.9 Å². The van der Waals surface area contributed by atoms with Crippen LogP contribution >= 0.6 is 22.7 Å². The maximum absolute atomic E-state index is 12.9. The van der Waals surface area contributed by atoms with Crippen LogP contribution in [0.4, 0.5) is 5.69 Å². The minimum atomic E-state index is -0.608. The van der Waals surface area contributed by atoms with Gasteiger partial charge < -0.3 is 10.0 Å². The Kier molecular flexibility index (Phi) is 5.11. The molecule has 0 aliphatic carbocycles. The average Bonchev–Trinajstić information content (AvgIpc) is 3.27. The SMILES string of the molecule is O=C(c1ccc([N+](=O)[O-])cc1O)N(Cc1cccs1)Cc1cccs1. The Balaban J connectivity index is 1.89. The number of phenols is 1. The summed E-state index contributed by atoms with van der Waals surface area (Å²) in [6.45, 7) is 0.815. The summed E-state index contributed by atoms with van der Waals surface area (Å²) in [5, 5.41) is 24.7. The van der Waals surface area contributed by atoms with Crippen LogP contribution in [0.5, 0.6) is 5.75 Å². The van der Waals surface area contributed by atoms with Gasteiger partial charge in [0.1, 0.15) is 5.75 Å². The van der Waals surface area contributed by atoms with E-state index < -0.39 is 4.92 Å². The number of nitro groups is 1. The number of nitro benzene ring substituents is 1. The maximum Gasteiger partial charge on any atom is 0.273 e. The Bertz CT molecular complexity index is 840. The molecule has 0 bridgehead atoms. The Morgan fingerprint density at radius 2 is 1.68 bits per heavy atom. The van der Waals surface area contributed by atoms with E-state index in [1.54, 1.807) is 27.6 Å². The predicted octanol–water partition coefficient (Wildman–Crippen LogP) is 4.27. The summed E-state index contributed by atoms with van der Waals surface area (Å²) in [6, 6.07) is 11.2. The molecule has 2 aromatic heterocycles. The minimum absolute atomic E-state index is 0.0544. The molecule has 2 heterocycles. The van der Waals surface area contributed by atoms with Crippen LogP contribution < -0.4 is 0 Å². The van der Waals surface area contributed by atoms with E-state index in [0.29, 0.717) is 13.1 Å². The fourth-order valence-electron chi connectivity index (χ4n) is 2.37. The fourth-order valence-corrected chi connectivity index (χ4v) is 3.80. The zero-order valence-corrected chi connectivity index (χ0v) is 14.6. The van der Waals surface area contributed by atoms with Crippen molar-refractivity contribution in [2.75, 3.05) is 0 Å². The van der Waals surface area contributed by atoms with Crippen molar-refractivity contribution in [2.24, 2.45) is 0 Å². The smallest absolute Gasteiger partial charge is 0.273 e. The van der Waals surface area contributed by atoms with Crippen molar-refractivity contribution < 1.29 is 14.8 Å². The highest BCUT2D eigenvalue weighted by molar-refractivity contribution is 7.10. The van der Waals surface area contributed by atoms with Crippen LogP contribution in [0.3, 0.4) is 0 Å². The molecule has 0 spiro atoms. The third kappa shape index (κ3) is 4.04. The number of phenolic OH excluding ortho intramolecular Hbond substituents is 1. The quantitative estimate of drug-likeness (QED) is 0.516. The van der Waals surface area contributed by atoms with Crippen molar-refractivity contribution in [1.82, 2.24) is 4.90 Å². The van der Waals surface area contributed by atoms with Gasteiger partial charge in [-0.25, -0.2) is 0 Å². The van der Waals surface area contributed by atoms with Crippen LogP contribution in [0.15, 0.2) is 53.2 Å². The fraction of sp³-hybridized carbons (Fsp3) is 0.118.